The summed E-state index contributed by atoms with van der Waals surface area (Å²) in [4.78, 5) is 16.3. The van der Waals surface area contributed by atoms with Crippen LogP contribution in [0.1, 0.15) is 29.8 Å². The van der Waals surface area contributed by atoms with Crippen molar-refractivity contribution >= 4 is 17.5 Å². The Morgan fingerprint density at radius 3 is 2.65 bits per heavy atom. The van der Waals surface area contributed by atoms with Crippen molar-refractivity contribution in [1.29, 1.82) is 0 Å². The Kier molecular flexibility index (Phi) is 3.93. The van der Waals surface area contributed by atoms with Gasteiger partial charge >= 0.3 is 0 Å². The molecule has 0 radical (unpaired) electrons. The molecule has 1 unspecified atom stereocenters. The Hall–Kier alpha value is -2.50. The zero-order valence-corrected chi connectivity index (χ0v) is 11.7. The minimum atomic E-state index is -0.344. The first kappa shape index (κ1) is 13.9. The molecule has 0 aliphatic carbocycles. The second-order valence-corrected chi connectivity index (χ2v) is 4.69. The standard InChI is InChI=1S/C14H17N5O/c1-8(11-5-4-6-12(15)7-11)13(20)17-14-16-9(2)10(3)18-19-14/h4-8H,15H2,1-3H3,(H,16,17,19,20). The largest absolute Gasteiger partial charge is 0.399 e. The minimum Gasteiger partial charge on any atom is -0.399 e. The summed E-state index contributed by atoms with van der Waals surface area (Å²) < 4.78 is 0. The summed E-state index contributed by atoms with van der Waals surface area (Å²) in [6.07, 6.45) is 0. The molecule has 1 atom stereocenters. The molecule has 3 N–H and O–H groups in total. The predicted molar refractivity (Wildman–Crippen MR) is 77.2 cm³/mol. The lowest BCUT2D eigenvalue weighted by Gasteiger charge is -2.12. The van der Waals surface area contributed by atoms with Crippen LogP contribution in [-0.2, 0) is 4.79 Å². The highest BCUT2D eigenvalue weighted by Gasteiger charge is 2.17. The summed E-state index contributed by atoms with van der Waals surface area (Å²) in [6, 6.07) is 7.25. The maximum Gasteiger partial charge on any atom is 0.249 e. The van der Waals surface area contributed by atoms with Crippen LogP contribution in [0.2, 0.25) is 0 Å². The molecule has 0 bridgehead atoms. The normalized spacial score (nSPS) is 11.9. The molecule has 0 saturated heterocycles. The van der Waals surface area contributed by atoms with E-state index in [1.54, 1.807) is 19.1 Å². The van der Waals surface area contributed by atoms with E-state index < -0.39 is 0 Å². The molecule has 1 aromatic heterocycles. The molecule has 1 aromatic carbocycles. The number of aromatic nitrogens is 3. The fourth-order valence-electron chi connectivity index (χ4n) is 1.71. The number of amides is 1. The van der Waals surface area contributed by atoms with Crippen LogP contribution in [0.25, 0.3) is 0 Å². The summed E-state index contributed by atoms with van der Waals surface area (Å²) >= 11 is 0. The number of anilines is 2. The van der Waals surface area contributed by atoms with Gasteiger partial charge in [0.05, 0.1) is 17.3 Å². The van der Waals surface area contributed by atoms with Gasteiger partial charge in [0, 0.05) is 5.69 Å². The van der Waals surface area contributed by atoms with Crippen LogP contribution in [0.5, 0.6) is 0 Å². The van der Waals surface area contributed by atoms with E-state index in [-0.39, 0.29) is 17.8 Å². The van der Waals surface area contributed by atoms with Gasteiger partial charge < -0.3 is 5.73 Å². The van der Waals surface area contributed by atoms with Crippen LogP contribution in [0.3, 0.4) is 0 Å². The third kappa shape index (κ3) is 3.09. The van der Waals surface area contributed by atoms with Gasteiger partial charge in [0.1, 0.15) is 0 Å². The van der Waals surface area contributed by atoms with Crippen molar-refractivity contribution in [3.63, 3.8) is 0 Å². The number of benzene rings is 1. The third-order valence-corrected chi connectivity index (χ3v) is 3.13. The molecule has 0 spiro atoms. The highest BCUT2D eigenvalue weighted by Crippen LogP contribution is 2.19. The van der Waals surface area contributed by atoms with E-state index in [2.05, 4.69) is 20.5 Å². The first-order valence-electron chi connectivity index (χ1n) is 6.31. The van der Waals surface area contributed by atoms with Crippen molar-refractivity contribution in [2.24, 2.45) is 0 Å². The Morgan fingerprint density at radius 1 is 1.25 bits per heavy atom. The number of nitrogens with one attached hydrogen (secondary N) is 1. The van der Waals surface area contributed by atoms with Crippen LogP contribution in [-0.4, -0.2) is 21.1 Å². The van der Waals surface area contributed by atoms with E-state index in [4.69, 9.17) is 5.73 Å². The SMILES string of the molecule is Cc1nnc(NC(=O)C(C)c2cccc(N)c2)nc1C. The number of hydrogen-bond acceptors (Lipinski definition) is 5. The number of nitrogens with two attached hydrogens (primary N) is 1. The number of rotatable bonds is 3. The van der Waals surface area contributed by atoms with Crippen molar-refractivity contribution in [2.75, 3.05) is 11.1 Å². The number of carbonyl (C=O) groups is 1. The lowest BCUT2D eigenvalue weighted by molar-refractivity contribution is -0.117. The third-order valence-electron chi connectivity index (χ3n) is 3.13. The predicted octanol–water partition coefficient (Wildman–Crippen LogP) is 1.81. The summed E-state index contributed by atoms with van der Waals surface area (Å²) in [7, 11) is 0. The van der Waals surface area contributed by atoms with Crippen molar-refractivity contribution in [3.8, 4) is 0 Å². The van der Waals surface area contributed by atoms with Gasteiger partial charge in [-0.15, -0.1) is 5.10 Å². The number of carbonyl (C=O) groups excluding carboxylic acids is 1. The van der Waals surface area contributed by atoms with Crippen LogP contribution >= 0.6 is 0 Å². The number of hydrogen-bond donors (Lipinski definition) is 2. The van der Waals surface area contributed by atoms with Gasteiger partial charge in [-0.05, 0) is 38.5 Å². The Labute approximate surface area is 117 Å². The average molecular weight is 271 g/mol. The maximum atomic E-state index is 12.2. The van der Waals surface area contributed by atoms with Crippen LogP contribution in [0.15, 0.2) is 24.3 Å². The second-order valence-electron chi connectivity index (χ2n) is 4.69. The molecule has 2 aromatic rings. The monoisotopic (exact) mass is 271 g/mol. The van der Waals surface area contributed by atoms with E-state index in [0.717, 1.165) is 17.0 Å². The van der Waals surface area contributed by atoms with E-state index in [1.165, 1.54) is 0 Å². The van der Waals surface area contributed by atoms with Crippen LogP contribution in [0, 0.1) is 13.8 Å². The van der Waals surface area contributed by atoms with Crippen molar-refractivity contribution in [3.05, 3.63) is 41.2 Å². The quantitative estimate of drug-likeness (QED) is 0.830. The summed E-state index contributed by atoms with van der Waals surface area (Å²) in [5.74, 6) is -0.321. The van der Waals surface area contributed by atoms with Gasteiger partial charge in [-0.25, -0.2) is 4.98 Å². The number of aryl methyl sites for hydroxylation is 2. The molecular formula is C14H17N5O. The van der Waals surface area contributed by atoms with E-state index in [1.807, 2.05) is 26.0 Å². The molecule has 6 heteroatoms. The highest BCUT2D eigenvalue weighted by molar-refractivity contribution is 5.94. The van der Waals surface area contributed by atoms with Gasteiger partial charge in [-0.3, -0.25) is 10.1 Å². The van der Waals surface area contributed by atoms with Crippen LogP contribution in [0.4, 0.5) is 11.6 Å². The fraction of sp³-hybridized carbons (Fsp3) is 0.286. The molecule has 0 fully saturated rings. The van der Waals surface area contributed by atoms with Gasteiger partial charge in [0.15, 0.2) is 0 Å². The summed E-state index contributed by atoms with van der Waals surface area (Å²) in [6.45, 7) is 5.44. The molecule has 0 aliphatic rings. The van der Waals surface area contributed by atoms with Gasteiger partial charge in [0.2, 0.25) is 11.9 Å². The Bertz CT molecular complexity index is 641. The molecule has 6 nitrogen and oxygen atoms in total. The lowest BCUT2D eigenvalue weighted by Crippen LogP contribution is -2.21. The molecule has 20 heavy (non-hydrogen) atoms. The van der Waals surface area contributed by atoms with Crippen molar-refractivity contribution < 1.29 is 4.79 Å². The van der Waals surface area contributed by atoms with E-state index >= 15 is 0 Å². The smallest absolute Gasteiger partial charge is 0.249 e. The zero-order chi connectivity index (χ0) is 14.7. The van der Waals surface area contributed by atoms with Gasteiger partial charge in [-0.1, -0.05) is 12.1 Å². The fourth-order valence-corrected chi connectivity index (χ4v) is 1.71. The van der Waals surface area contributed by atoms with Crippen LogP contribution < -0.4 is 11.1 Å². The first-order chi connectivity index (χ1) is 9.47. The molecule has 1 amide bonds. The molecule has 0 saturated carbocycles. The Morgan fingerprint density at radius 2 is 2.00 bits per heavy atom. The maximum absolute atomic E-state index is 12.2. The Balaban J connectivity index is 2.13. The van der Waals surface area contributed by atoms with Gasteiger partial charge in [-0.2, -0.15) is 5.10 Å². The lowest BCUT2D eigenvalue weighted by atomic mass is 10.00. The van der Waals surface area contributed by atoms with Crippen molar-refractivity contribution in [2.45, 2.75) is 26.7 Å². The molecule has 104 valence electrons. The van der Waals surface area contributed by atoms with E-state index in [0.29, 0.717) is 5.69 Å². The minimum absolute atomic E-state index is 0.194. The average Bonchev–Trinajstić information content (AvgIpc) is 2.42. The molecule has 2 rings (SSSR count). The summed E-state index contributed by atoms with van der Waals surface area (Å²) in [5.41, 5.74) is 8.68. The molecule has 0 aliphatic heterocycles. The zero-order valence-electron chi connectivity index (χ0n) is 11.7. The van der Waals surface area contributed by atoms with Crippen molar-refractivity contribution in [1.82, 2.24) is 15.2 Å². The summed E-state index contributed by atoms with van der Waals surface area (Å²) in [5, 5.41) is 10.4. The van der Waals surface area contributed by atoms with Gasteiger partial charge in [0.25, 0.3) is 0 Å². The molecule has 1 heterocycles. The number of nitrogens with zero attached hydrogens (tertiary/aromatic N) is 3. The van der Waals surface area contributed by atoms with E-state index in [9.17, 15) is 4.79 Å². The highest BCUT2D eigenvalue weighted by atomic mass is 16.2. The topological polar surface area (TPSA) is 93.8 Å². The first-order valence-corrected chi connectivity index (χ1v) is 6.31. The number of nitrogen functional groups attached to an aromatic ring is 1. The molecular weight excluding hydrogens is 254 g/mol. The second kappa shape index (κ2) is 5.64.